The molecule has 0 bridgehead atoms. The van der Waals surface area contributed by atoms with Crippen molar-refractivity contribution in [2.45, 2.75) is 46.4 Å². The van der Waals surface area contributed by atoms with Crippen LogP contribution in [0.4, 0.5) is 0 Å². The van der Waals surface area contributed by atoms with Crippen LogP contribution in [0.1, 0.15) is 37.1 Å². The van der Waals surface area contributed by atoms with Gasteiger partial charge in [0.05, 0.1) is 12.3 Å². The van der Waals surface area contributed by atoms with E-state index in [1.165, 1.54) is 0 Å². The lowest BCUT2D eigenvalue weighted by Crippen LogP contribution is -2.34. The monoisotopic (exact) mass is 281 g/mol. The number of nitrogens with zero attached hydrogens (tertiary/aromatic N) is 2. The summed E-state index contributed by atoms with van der Waals surface area (Å²) in [6.45, 7) is 8.38. The molecule has 0 saturated carbocycles. The second kappa shape index (κ2) is 8.19. The molecule has 1 unspecified atom stereocenters. The summed E-state index contributed by atoms with van der Waals surface area (Å²) in [5.41, 5.74) is 2.01. The third kappa shape index (κ3) is 4.44. The van der Waals surface area contributed by atoms with Gasteiger partial charge < -0.3 is 20.4 Å². The number of aromatic nitrogens is 1. The molecule has 0 spiro atoms. The minimum Gasteiger partial charge on any atom is -0.506 e. The van der Waals surface area contributed by atoms with E-state index in [4.69, 9.17) is 0 Å². The fraction of sp³-hybridized carbons (Fsp3) is 0.667. The first kappa shape index (κ1) is 16.9. The number of aliphatic hydroxyl groups is 1. The second-order valence-corrected chi connectivity index (χ2v) is 5.27. The van der Waals surface area contributed by atoms with Crippen molar-refractivity contribution in [1.29, 1.82) is 0 Å². The van der Waals surface area contributed by atoms with E-state index in [1.54, 1.807) is 13.1 Å². The van der Waals surface area contributed by atoms with Crippen LogP contribution in [0, 0.1) is 6.92 Å². The molecule has 0 fully saturated rings. The van der Waals surface area contributed by atoms with Crippen LogP contribution < -0.4 is 5.32 Å². The Kier molecular flexibility index (Phi) is 6.91. The number of nitrogens with one attached hydrogen (secondary N) is 1. The summed E-state index contributed by atoms with van der Waals surface area (Å²) >= 11 is 0. The molecule has 1 heterocycles. The van der Waals surface area contributed by atoms with Crippen molar-refractivity contribution in [3.63, 3.8) is 0 Å². The molecule has 1 aromatic rings. The zero-order valence-electron chi connectivity index (χ0n) is 13.0. The predicted molar refractivity (Wildman–Crippen MR) is 80.7 cm³/mol. The summed E-state index contributed by atoms with van der Waals surface area (Å²) in [5, 5.41) is 22.6. The molecule has 5 nitrogen and oxygen atoms in total. The zero-order chi connectivity index (χ0) is 15.1. The largest absolute Gasteiger partial charge is 0.506 e. The maximum absolute atomic E-state index is 10.0. The Morgan fingerprint density at radius 3 is 2.75 bits per heavy atom. The van der Waals surface area contributed by atoms with Gasteiger partial charge in [-0.05, 0) is 27.3 Å². The molecule has 1 aromatic heterocycles. The Bertz CT molecular complexity index is 424. The Morgan fingerprint density at radius 1 is 1.45 bits per heavy atom. The van der Waals surface area contributed by atoms with Gasteiger partial charge in [-0.15, -0.1) is 0 Å². The van der Waals surface area contributed by atoms with Gasteiger partial charge in [0, 0.05) is 43.0 Å². The second-order valence-electron chi connectivity index (χ2n) is 5.27. The number of hydrogen-bond acceptors (Lipinski definition) is 5. The lowest BCUT2D eigenvalue weighted by atomic mass is 10.1. The van der Waals surface area contributed by atoms with Crippen LogP contribution in [-0.2, 0) is 13.2 Å². The zero-order valence-corrected chi connectivity index (χ0v) is 13.0. The highest BCUT2D eigenvalue weighted by atomic mass is 16.3. The molecule has 5 heteroatoms. The summed E-state index contributed by atoms with van der Waals surface area (Å²) in [6.07, 6.45) is 2.76. The molecule has 0 aromatic carbocycles. The van der Waals surface area contributed by atoms with E-state index in [1.807, 2.05) is 0 Å². The number of hydrogen-bond donors (Lipinski definition) is 3. The SMILES string of the molecule is CCC(C)N(C)CCNCc1c(CO)cnc(C)c1O. The van der Waals surface area contributed by atoms with Crippen molar-refractivity contribution in [2.75, 3.05) is 20.1 Å². The minimum atomic E-state index is -0.107. The average molecular weight is 281 g/mol. The van der Waals surface area contributed by atoms with Gasteiger partial charge in [-0.3, -0.25) is 4.98 Å². The number of aromatic hydroxyl groups is 1. The van der Waals surface area contributed by atoms with Gasteiger partial charge in [-0.2, -0.15) is 0 Å². The van der Waals surface area contributed by atoms with Gasteiger partial charge in [0.1, 0.15) is 5.75 Å². The predicted octanol–water partition coefficient (Wildman–Crippen LogP) is 1.41. The van der Waals surface area contributed by atoms with Crippen LogP contribution >= 0.6 is 0 Å². The molecule has 0 radical (unpaired) electrons. The molecule has 0 aliphatic carbocycles. The summed E-state index contributed by atoms with van der Waals surface area (Å²) in [7, 11) is 2.11. The van der Waals surface area contributed by atoms with Crippen LogP contribution in [0.25, 0.3) is 0 Å². The first-order chi connectivity index (χ1) is 9.51. The molecule has 1 atom stereocenters. The molecule has 0 amide bonds. The molecular weight excluding hydrogens is 254 g/mol. The third-order valence-corrected chi connectivity index (χ3v) is 3.89. The van der Waals surface area contributed by atoms with Crippen molar-refractivity contribution in [3.05, 3.63) is 23.0 Å². The average Bonchev–Trinajstić information content (AvgIpc) is 2.46. The highest BCUT2D eigenvalue weighted by Gasteiger charge is 2.11. The molecule has 20 heavy (non-hydrogen) atoms. The maximum Gasteiger partial charge on any atom is 0.141 e. The van der Waals surface area contributed by atoms with E-state index in [9.17, 15) is 10.2 Å². The topological polar surface area (TPSA) is 68.6 Å². The Hall–Kier alpha value is -1.17. The number of aryl methyl sites for hydroxylation is 1. The van der Waals surface area contributed by atoms with Gasteiger partial charge in [-0.1, -0.05) is 6.92 Å². The fourth-order valence-electron chi connectivity index (χ4n) is 2.02. The quantitative estimate of drug-likeness (QED) is 0.629. The van der Waals surface area contributed by atoms with Gasteiger partial charge in [0.15, 0.2) is 0 Å². The fourth-order valence-corrected chi connectivity index (χ4v) is 2.02. The summed E-state index contributed by atoms with van der Waals surface area (Å²) in [6, 6.07) is 0.571. The van der Waals surface area contributed by atoms with Crippen LogP contribution in [0.5, 0.6) is 5.75 Å². The van der Waals surface area contributed by atoms with Crippen molar-refractivity contribution < 1.29 is 10.2 Å². The molecule has 1 rings (SSSR count). The maximum atomic E-state index is 10.0. The Labute approximate surface area is 121 Å². The lowest BCUT2D eigenvalue weighted by Gasteiger charge is -2.23. The lowest BCUT2D eigenvalue weighted by molar-refractivity contribution is 0.251. The van der Waals surface area contributed by atoms with Crippen LogP contribution in [0.2, 0.25) is 0 Å². The van der Waals surface area contributed by atoms with E-state index in [0.717, 1.165) is 25.1 Å². The number of rotatable bonds is 8. The molecule has 3 N–H and O–H groups in total. The van der Waals surface area contributed by atoms with Crippen LogP contribution in [0.3, 0.4) is 0 Å². The Balaban J connectivity index is 2.52. The summed E-state index contributed by atoms with van der Waals surface area (Å²) in [4.78, 5) is 6.36. The van der Waals surface area contributed by atoms with Crippen LogP contribution in [0.15, 0.2) is 6.20 Å². The number of pyridine rings is 1. The van der Waals surface area contributed by atoms with Gasteiger partial charge in [-0.25, -0.2) is 0 Å². The normalized spacial score (nSPS) is 12.9. The molecule has 114 valence electrons. The first-order valence-corrected chi connectivity index (χ1v) is 7.19. The van der Waals surface area contributed by atoms with Crippen LogP contribution in [-0.4, -0.2) is 46.3 Å². The van der Waals surface area contributed by atoms with Gasteiger partial charge >= 0.3 is 0 Å². The van der Waals surface area contributed by atoms with Crippen molar-refractivity contribution in [1.82, 2.24) is 15.2 Å². The van der Waals surface area contributed by atoms with E-state index in [0.29, 0.717) is 23.8 Å². The molecule has 0 aliphatic rings. The smallest absolute Gasteiger partial charge is 0.141 e. The minimum absolute atomic E-state index is 0.107. The van der Waals surface area contributed by atoms with Gasteiger partial charge in [0.2, 0.25) is 0 Å². The highest BCUT2D eigenvalue weighted by Crippen LogP contribution is 2.23. The molecular formula is C15H27N3O2. The van der Waals surface area contributed by atoms with E-state index >= 15 is 0 Å². The Morgan fingerprint density at radius 2 is 2.15 bits per heavy atom. The van der Waals surface area contributed by atoms with E-state index in [2.05, 4.69) is 36.1 Å². The highest BCUT2D eigenvalue weighted by molar-refractivity contribution is 5.40. The molecule has 0 aliphatic heterocycles. The summed E-state index contributed by atoms with van der Waals surface area (Å²) < 4.78 is 0. The first-order valence-electron chi connectivity index (χ1n) is 7.19. The number of aliphatic hydroxyl groups excluding tert-OH is 1. The van der Waals surface area contributed by atoms with Crippen molar-refractivity contribution in [2.24, 2.45) is 0 Å². The van der Waals surface area contributed by atoms with Crippen molar-refractivity contribution in [3.8, 4) is 5.75 Å². The standard InChI is InChI=1S/C15H27N3O2/c1-5-11(2)18(4)7-6-16-9-14-13(10-19)8-17-12(3)15(14)20/h8,11,16,19-20H,5-7,9-10H2,1-4H3. The third-order valence-electron chi connectivity index (χ3n) is 3.89. The van der Waals surface area contributed by atoms with E-state index in [-0.39, 0.29) is 12.4 Å². The van der Waals surface area contributed by atoms with Gasteiger partial charge in [0.25, 0.3) is 0 Å². The van der Waals surface area contributed by atoms with Crippen molar-refractivity contribution >= 4 is 0 Å². The van der Waals surface area contributed by atoms with E-state index < -0.39 is 0 Å². The summed E-state index contributed by atoms with van der Waals surface area (Å²) in [5.74, 6) is 0.180. The molecule has 0 saturated heterocycles. The number of likely N-dealkylation sites (N-methyl/N-ethyl adjacent to an activating group) is 1.